The van der Waals surface area contributed by atoms with Crippen molar-refractivity contribution in [3.8, 4) is 0 Å². The molecule has 4 heteroatoms. The molecule has 0 saturated carbocycles. The fraction of sp³-hybridized carbons (Fsp3) is 0.250. The molecule has 3 nitrogen and oxygen atoms in total. The molecule has 0 aliphatic heterocycles. The van der Waals surface area contributed by atoms with E-state index >= 15 is 0 Å². The van der Waals surface area contributed by atoms with E-state index in [1.54, 1.807) is 0 Å². The van der Waals surface area contributed by atoms with E-state index in [1.807, 2.05) is 54.6 Å². The van der Waals surface area contributed by atoms with Gasteiger partial charge in [0.1, 0.15) is 0 Å². The molecule has 0 bridgehead atoms. The van der Waals surface area contributed by atoms with E-state index in [1.165, 1.54) is 16.7 Å². The molecule has 3 aromatic carbocycles. The maximum absolute atomic E-state index is 5.88. The molecule has 0 spiro atoms. The summed E-state index contributed by atoms with van der Waals surface area (Å²) < 4.78 is 17.6. The lowest BCUT2D eigenvalue weighted by Crippen LogP contribution is -2.30. The fourth-order valence-corrected chi connectivity index (χ4v) is 2.90. The highest BCUT2D eigenvalue weighted by atomic mass is 16.7. The van der Waals surface area contributed by atoms with Crippen molar-refractivity contribution >= 4 is 7.32 Å². The van der Waals surface area contributed by atoms with Crippen LogP contribution >= 0.6 is 0 Å². The summed E-state index contributed by atoms with van der Waals surface area (Å²) in [5, 5.41) is 0. The Morgan fingerprint density at radius 3 is 1.00 bits per heavy atom. The molecule has 0 aliphatic rings. The lowest BCUT2D eigenvalue weighted by Gasteiger charge is -2.15. The van der Waals surface area contributed by atoms with Crippen LogP contribution in [-0.4, -0.2) is 27.1 Å². The lowest BCUT2D eigenvalue weighted by atomic mass is 10.1. The summed E-state index contributed by atoms with van der Waals surface area (Å²) in [6.45, 7) is 1.68. The van der Waals surface area contributed by atoms with Crippen molar-refractivity contribution in [2.45, 2.75) is 19.3 Å². The first-order valence-corrected chi connectivity index (χ1v) is 9.87. The van der Waals surface area contributed by atoms with Crippen LogP contribution in [0.4, 0.5) is 0 Å². The van der Waals surface area contributed by atoms with E-state index in [0.717, 1.165) is 19.3 Å². The first kappa shape index (κ1) is 20.3. The van der Waals surface area contributed by atoms with Crippen molar-refractivity contribution in [2.75, 3.05) is 19.8 Å². The van der Waals surface area contributed by atoms with Crippen LogP contribution in [0, 0.1) is 0 Å². The molecule has 0 unspecified atom stereocenters. The van der Waals surface area contributed by atoms with E-state index in [-0.39, 0.29) is 0 Å². The second-order valence-electron chi connectivity index (χ2n) is 6.61. The van der Waals surface area contributed by atoms with E-state index in [9.17, 15) is 0 Å². The minimum absolute atomic E-state index is 0.561. The van der Waals surface area contributed by atoms with Gasteiger partial charge < -0.3 is 14.0 Å². The number of benzene rings is 3. The van der Waals surface area contributed by atoms with Gasteiger partial charge in [-0.25, -0.2) is 0 Å². The summed E-state index contributed by atoms with van der Waals surface area (Å²) in [4.78, 5) is 0. The molecule has 0 heterocycles. The van der Waals surface area contributed by atoms with Crippen LogP contribution < -0.4 is 0 Å². The molecule has 3 aromatic rings. The standard InChI is InChI=1S/C24H27BO3/c1-4-10-22(11-5-1)16-19-26-25(27-20-17-23-12-6-2-7-13-23)28-21-18-24-14-8-3-9-15-24/h1-15H,16-21H2. The van der Waals surface area contributed by atoms with E-state index in [4.69, 9.17) is 14.0 Å². The molecule has 0 saturated heterocycles. The monoisotopic (exact) mass is 374 g/mol. The Morgan fingerprint density at radius 2 is 0.714 bits per heavy atom. The molecular formula is C24H27BO3. The molecule has 3 rings (SSSR count). The Hall–Kier alpha value is -2.40. The van der Waals surface area contributed by atoms with Crippen LogP contribution in [0.15, 0.2) is 91.0 Å². The molecule has 0 atom stereocenters. The normalized spacial score (nSPS) is 10.7. The van der Waals surface area contributed by atoms with Gasteiger partial charge in [-0.1, -0.05) is 91.0 Å². The molecule has 0 N–H and O–H groups in total. The highest BCUT2D eigenvalue weighted by molar-refractivity contribution is 6.36. The van der Waals surface area contributed by atoms with Crippen molar-refractivity contribution in [1.82, 2.24) is 0 Å². The third kappa shape index (κ3) is 7.69. The highest BCUT2D eigenvalue weighted by Gasteiger charge is 2.21. The average molecular weight is 374 g/mol. The molecule has 144 valence electrons. The second-order valence-corrected chi connectivity index (χ2v) is 6.61. The maximum Gasteiger partial charge on any atom is 0.639 e. The predicted octanol–water partition coefficient (Wildman–Crippen LogP) is 4.75. The summed E-state index contributed by atoms with van der Waals surface area (Å²) >= 11 is 0. The zero-order valence-electron chi connectivity index (χ0n) is 16.2. The van der Waals surface area contributed by atoms with Crippen molar-refractivity contribution in [3.05, 3.63) is 108 Å². The number of hydrogen-bond acceptors (Lipinski definition) is 3. The molecular weight excluding hydrogens is 347 g/mol. The summed E-state index contributed by atoms with van der Waals surface area (Å²) in [7, 11) is -0.642. The summed E-state index contributed by atoms with van der Waals surface area (Å²) in [6, 6.07) is 30.9. The lowest BCUT2D eigenvalue weighted by molar-refractivity contribution is 0.0959. The minimum Gasteiger partial charge on any atom is -0.386 e. The van der Waals surface area contributed by atoms with E-state index < -0.39 is 7.32 Å². The molecule has 0 amide bonds. The van der Waals surface area contributed by atoms with Crippen LogP contribution in [0.2, 0.25) is 0 Å². The Kier molecular flexibility index (Phi) is 8.82. The predicted molar refractivity (Wildman–Crippen MR) is 114 cm³/mol. The SMILES string of the molecule is c1ccc(CCOB(OCCc2ccccc2)OCCc2ccccc2)cc1. The van der Waals surface area contributed by atoms with Gasteiger partial charge in [0.25, 0.3) is 0 Å². The summed E-state index contributed by atoms with van der Waals surface area (Å²) in [5.41, 5.74) is 3.74. The first-order valence-electron chi connectivity index (χ1n) is 9.87. The summed E-state index contributed by atoms with van der Waals surface area (Å²) in [5.74, 6) is 0. The van der Waals surface area contributed by atoms with Gasteiger partial charge in [-0.2, -0.15) is 0 Å². The third-order valence-electron chi connectivity index (χ3n) is 4.46. The van der Waals surface area contributed by atoms with E-state index in [2.05, 4.69) is 36.4 Å². The van der Waals surface area contributed by atoms with Gasteiger partial charge in [-0.3, -0.25) is 0 Å². The van der Waals surface area contributed by atoms with Gasteiger partial charge in [-0.05, 0) is 36.0 Å². The van der Waals surface area contributed by atoms with Gasteiger partial charge in [0.15, 0.2) is 0 Å². The quantitative estimate of drug-likeness (QED) is 0.428. The molecule has 0 radical (unpaired) electrons. The molecule has 0 aliphatic carbocycles. The second kappa shape index (κ2) is 12.1. The zero-order chi connectivity index (χ0) is 19.3. The molecule has 28 heavy (non-hydrogen) atoms. The van der Waals surface area contributed by atoms with Gasteiger partial charge in [0.05, 0.1) is 0 Å². The van der Waals surface area contributed by atoms with Crippen LogP contribution in [0.25, 0.3) is 0 Å². The van der Waals surface area contributed by atoms with Crippen LogP contribution in [-0.2, 0) is 33.2 Å². The van der Waals surface area contributed by atoms with Gasteiger partial charge >= 0.3 is 7.32 Å². The molecule has 0 aromatic heterocycles. The van der Waals surface area contributed by atoms with E-state index in [0.29, 0.717) is 19.8 Å². The van der Waals surface area contributed by atoms with Crippen LogP contribution in [0.5, 0.6) is 0 Å². The Morgan fingerprint density at radius 1 is 0.429 bits per heavy atom. The first-order chi connectivity index (χ1) is 13.9. The average Bonchev–Trinajstić information content (AvgIpc) is 2.76. The zero-order valence-corrected chi connectivity index (χ0v) is 16.2. The Labute approximate surface area is 168 Å². The fourth-order valence-electron chi connectivity index (χ4n) is 2.90. The third-order valence-corrected chi connectivity index (χ3v) is 4.46. The van der Waals surface area contributed by atoms with Crippen molar-refractivity contribution < 1.29 is 14.0 Å². The van der Waals surface area contributed by atoms with Crippen molar-refractivity contribution in [2.24, 2.45) is 0 Å². The number of rotatable bonds is 12. The highest BCUT2D eigenvalue weighted by Crippen LogP contribution is 2.05. The topological polar surface area (TPSA) is 27.7 Å². The number of hydrogen-bond donors (Lipinski definition) is 0. The van der Waals surface area contributed by atoms with Gasteiger partial charge in [-0.15, -0.1) is 0 Å². The van der Waals surface area contributed by atoms with Gasteiger partial charge in [0.2, 0.25) is 0 Å². The minimum atomic E-state index is -0.642. The van der Waals surface area contributed by atoms with Crippen LogP contribution in [0.1, 0.15) is 16.7 Å². The smallest absolute Gasteiger partial charge is 0.386 e. The van der Waals surface area contributed by atoms with Crippen molar-refractivity contribution in [3.63, 3.8) is 0 Å². The molecule has 0 fully saturated rings. The summed E-state index contributed by atoms with van der Waals surface area (Å²) in [6.07, 6.45) is 2.50. The Bertz CT molecular complexity index is 657. The van der Waals surface area contributed by atoms with Crippen molar-refractivity contribution in [1.29, 1.82) is 0 Å². The van der Waals surface area contributed by atoms with Crippen LogP contribution in [0.3, 0.4) is 0 Å². The largest absolute Gasteiger partial charge is 0.639 e. The Balaban J connectivity index is 1.44. The maximum atomic E-state index is 5.88. The van der Waals surface area contributed by atoms with Gasteiger partial charge in [0, 0.05) is 19.8 Å².